The van der Waals surface area contributed by atoms with Crippen molar-refractivity contribution in [2.45, 2.75) is 38.8 Å². The fourth-order valence-corrected chi connectivity index (χ4v) is 4.12. The first-order valence-corrected chi connectivity index (χ1v) is 9.93. The first-order valence-electron chi connectivity index (χ1n) is 9.17. The predicted octanol–water partition coefficient (Wildman–Crippen LogP) is 3.15. The second kappa shape index (κ2) is 8.15. The number of halogens is 2. The number of benzene rings is 1. The summed E-state index contributed by atoms with van der Waals surface area (Å²) in [5.41, 5.74) is 0.364. The van der Waals surface area contributed by atoms with Crippen LogP contribution in [0.5, 0.6) is 0 Å². The van der Waals surface area contributed by atoms with Crippen LogP contribution < -0.4 is 0 Å². The quantitative estimate of drug-likeness (QED) is 0.786. The zero-order chi connectivity index (χ0) is 18.8. The van der Waals surface area contributed by atoms with E-state index in [1.54, 1.807) is 23.1 Å². The van der Waals surface area contributed by atoms with Gasteiger partial charge in [0.25, 0.3) is 5.91 Å². The summed E-state index contributed by atoms with van der Waals surface area (Å²) in [4.78, 5) is 31.9. The molecule has 0 N–H and O–H groups in total. The first kappa shape index (κ1) is 19.5. The van der Waals surface area contributed by atoms with Crippen LogP contribution in [-0.2, 0) is 4.79 Å². The molecule has 2 saturated heterocycles. The van der Waals surface area contributed by atoms with E-state index in [1.165, 1.54) is 0 Å². The molecule has 2 heterocycles. The van der Waals surface area contributed by atoms with Crippen LogP contribution in [0.4, 0.5) is 0 Å². The van der Waals surface area contributed by atoms with Crippen molar-refractivity contribution >= 4 is 35.0 Å². The third-order valence-corrected chi connectivity index (χ3v) is 5.88. The lowest BCUT2D eigenvalue weighted by molar-refractivity contribution is -0.137. The number of hydrogen-bond acceptors (Lipinski definition) is 3. The van der Waals surface area contributed by atoms with Crippen molar-refractivity contribution in [3.8, 4) is 0 Å². The Bertz CT molecular complexity index is 687. The average molecular weight is 398 g/mol. The lowest BCUT2D eigenvalue weighted by Crippen LogP contribution is -2.55. The van der Waals surface area contributed by atoms with Crippen LogP contribution in [0.2, 0.25) is 10.0 Å². The number of likely N-dealkylation sites (tertiary alicyclic amines) is 1. The number of piperazine rings is 1. The monoisotopic (exact) mass is 397 g/mol. The zero-order valence-corrected chi connectivity index (χ0v) is 16.8. The van der Waals surface area contributed by atoms with E-state index in [0.717, 1.165) is 19.5 Å². The van der Waals surface area contributed by atoms with E-state index >= 15 is 0 Å². The highest BCUT2D eigenvalue weighted by molar-refractivity contribution is 6.35. The molecule has 1 aromatic carbocycles. The standard InChI is InChI=1S/C19H25Cl2N3O2/c1-13(2)22-8-10-23(11-9-22)19(26)17-4-3-7-24(17)18(25)15-12-14(20)5-6-16(15)21/h5-6,12-13,17H,3-4,7-11H2,1-2H3/t17-/m1/s1. The summed E-state index contributed by atoms with van der Waals surface area (Å²) < 4.78 is 0. The maximum Gasteiger partial charge on any atom is 0.256 e. The molecule has 2 aliphatic rings. The van der Waals surface area contributed by atoms with Crippen molar-refractivity contribution in [1.82, 2.24) is 14.7 Å². The maximum absolute atomic E-state index is 13.0. The number of amides is 2. The molecule has 1 atom stereocenters. The maximum atomic E-state index is 13.0. The number of rotatable bonds is 3. The molecule has 0 bridgehead atoms. The molecule has 0 aliphatic carbocycles. The summed E-state index contributed by atoms with van der Waals surface area (Å²) in [7, 11) is 0. The van der Waals surface area contributed by atoms with E-state index < -0.39 is 6.04 Å². The summed E-state index contributed by atoms with van der Waals surface area (Å²) in [5.74, 6) is -0.161. The summed E-state index contributed by atoms with van der Waals surface area (Å²) >= 11 is 12.2. The van der Waals surface area contributed by atoms with Gasteiger partial charge < -0.3 is 9.80 Å². The number of hydrogen-bond donors (Lipinski definition) is 0. The molecule has 0 radical (unpaired) electrons. The molecular formula is C19H25Cl2N3O2. The summed E-state index contributed by atoms with van der Waals surface area (Å²) in [5, 5.41) is 0.827. The largest absolute Gasteiger partial charge is 0.338 e. The van der Waals surface area contributed by atoms with Crippen molar-refractivity contribution in [1.29, 1.82) is 0 Å². The van der Waals surface area contributed by atoms with Crippen molar-refractivity contribution in [2.24, 2.45) is 0 Å². The van der Waals surface area contributed by atoms with Gasteiger partial charge in [0.15, 0.2) is 0 Å². The fraction of sp³-hybridized carbons (Fsp3) is 0.579. The Balaban J connectivity index is 1.71. The Morgan fingerprint density at radius 1 is 1.08 bits per heavy atom. The molecule has 1 aromatic rings. The predicted molar refractivity (Wildman–Crippen MR) is 104 cm³/mol. The second-order valence-corrected chi connectivity index (χ2v) is 8.08. The van der Waals surface area contributed by atoms with Gasteiger partial charge in [0.1, 0.15) is 6.04 Å². The number of carbonyl (C=O) groups excluding carboxylic acids is 2. The van der Waals surface area contributed by atoms with Gasteiger partial charge in [-0.3, -0.25) is 14.5 Å². The van der Waals surface area contributed by atoms with Crippen LogP contribution in [0.15, 0.2) is 18.2 Å². The minimum atomic E-state index is -0.400. The van der Waals surface area contributed by atoms with Crippen molar-refractivity contribution < 1.29 is 9.59 Å². The molecule has 0 unspecified atom stereocenters. The van der Waals surface area contributed by atoms with Crippen molar-refractivity contribution in [3.05, 3.63) is 33.8 Å². The third-order valence-electron chi connectivity index (χ3n) is 5.31. The van der Waals surface area contributed by atoms with Gasteiger partial charge in [0.2, 0.25) is 5.91 Å². The molecule has 2 aliphatic heterocycles. The number of nitrogens with zero attached hydrogens (tertiary/aromatic N) is 3. The molecular weight excluding hydrogens is 373 g/mol. The van der Waals surface area contributed by atoms with E-state index in [4.69, 9.17) is 23.2 Å². The average Bonchev–Trinajstić information content (AvgIpc) is 3.12. The summed E-state index contributed by atoms with van der Waals surface area (Å²) in [6, 6.07) is 4.94. The lowest BCUT2D eigenvalue weighted by Gasteiger charge is -2.39. The summed E-state index contributed by atoms with van der Waals surface area (Å²) in [6.45, 7) is 8.10. The van der Waals surface area contributed by atoms with E-state index in [-0.39, 0.29) is 11.8 Å². The Labute approximate surface area is 164 Å². The molecule has 0 spiro atoms. The Hall–Kier alpha value is -1.30. The normalized spacial score (nSPS) is 21.5. The van der Waals surface area contributed by atoms with E-state index in [0.29, 0.717) is 47.7 Å². The van der Waals surface area contributed by atoms with Crippen molar-refractivity contribution in [2.75, 3.05) is 32.7 Å². The Kier molecular flexibility index (Phi) is 6.10. The van der Waals surface area contributed by atoms with Crippen LogP contribution >= 0.6 is 23.2 Å². The zero-order valence-electron chi connectivity index (χ0n) is 15.3. The molecule has 3 rings (SSSR count). The van der Waals surface area contributed by atoms with Gasteiger partial charge in [-0.15, -0.1) is 0 Å². The lowest BCUT2D eigenvalue weighted by atomic mass is 10.1. The molecule has 142 valence electrons. The van der Waals surface area contributed by atoms with Crippen LogP contribution in [0.3, 0.4) is 0 Å². The van der Waals surface area contributed by atoms with Gasteiger partial charge in [0.05, 0.1) is 10.6 Å². The highest BCUT2D eigenvalue weighted by Gasteiger charge is 2.38. The molecule has 2 fully saturated rings. The van der Waals surface area contributed by atoms with Gasteiger partial charge in [-0.1, -0.05) is 23.2 Å². The first-order chi connectivity index (χ1) is 12.4. The minimum absolute atomic E-state index is 0.0532. The molecule has 26 heavy (non-hydrogen) atoms. The van der Waals surface area contributed by atoms with Gasteiger partial charge in [0, 0.05) is 43.8 Å². The topological polar surface area (TPSA) is 43.9 Å². The van der Waals surface area contributed by atoms with Crippen LogP contribution in [-0.4, -0.2) is 71.3 Å². The van der Waals surface area contributed by atoms with Crippen molar-refractivity contribution in [3.63, 3.8) is 0 Å². The molecule has 0 aromatic heterocycles. The molecule has 0 saturated carbocycles. The van der Waals surface area contributed by atoms with Crippen LogP contribution in [0.25, 0.3) is 0 Å². The second-order valence-electron chi connectivity index (χ2n) is 7.24. The molecule has 2 amide bonds. The SMILES string of the molecule is CC(C)N1CCN(C(=O)[C@H]2CCCN2C(=O)c2cc(Cl)ccc2Cl)CC1. The number of carbonyl (C=O) groups is 2. The highest BCUT2D eigenvalue weighted by Crippen LogP contribution is 2.27. The van der Waals surface area contributed by atoms with Gasteiger partial charge in [-0.05, 0) is 44.9 Å². The highest BCUT2D eigenvalue weighted by atomic mass is 35.5. The van der Waals surface area contributed by atoms with E-state index in [1.807, 2.05) is 4.90 Å². The molecule has 7 heteroatoms. The van der Waals surface area contributed by atoms with Gasteiger partial charge >= 0.3 is 0 Å². The van der Waals surface area contributed by atoms with Crippen LogP contribution in [0, 0.1) is 0 Å². The molecule has 5 nitrogen and oxygen atoms in total. The minimum Gasteiger partial charge on any atom is -0.338 e. The van der Waals surface area contributed by atoms with Gasteiger partial charge in [-0.25, -0.2) is 0 Å². The van der Waals surface area contributed by atoms with Gasteiger partial charge in [-0.2, -0.15) is 0 Å². The third kappa shape index (κ3) is 4.00. The smallest absolute Gasteiger partial charge is 0.256 e. The Morgan fingerprint density at radius 3 is 2.42 bits per heavy atom. The fourth-order valence-electron chi connectivity index (χ4n) is 3.75. The van der Waals surface area contributed by atoms with E-state index in [2.05, 4.69) is 18.7 Å². The van der Waals surface area contributed by atoms with E-state index in [9.17, 15) is 9.59 Å². The van der Waals surface area contributed by atoms with Crippen LogP contribution in [0.1, 0.15) is 37.0 Å². The summed E-state index contributed by atoms with van der Waals surface area (Å²) in [6.07, 6.45) is 1.53. The Morgan fingerprint density at radius 2 is 1.77 bits per heavy atom.